The molecule has 5 nitrogen and oxygen atoms in total. The summed E-state index contributed by atoms with van der Waals surface area (Å²) in [6.45, 7) is 4.52. The second-order valence-electron chi connectivity index (χ2n) is 4.71. The Morgan fingerprint density at radius 1 is 1.56 bits per heavy atom. The van der Waals surface area contributed by atoms with E-state index in [4.69, 9.17) is 5.73 Å². The van der Waals surface area contributed by atoms with Crippen molar-refractivity contribution in [1.29, 1.82) is 0 Å². The molecule has 0 aliphatic rings. The van der Waals surface area contributed by atoms with Crippen molar-refractivity contribution in [2.45, 2.75) is 32.4 Å². The largest absolute Gasteiger partial charge is 0.326 e. The van der Waals surface area contributed by atoms with E-state index in [0.29, 0.717) is 6.54 Å². The summed E-state index contributed by atoms with van der Waals surface area (Å²) in [6.07, 6.45) is 4.09. The van der Waals surface area contributed by atoms with Crippen molar-refractivity contribution in [1.82, 2.24) is 14.5 Å². The number of hydrogen-bond acceptors (Lipinski definition) is 3. The first-order chi connectivity index (χ1) is 7.47. The van der Waals surface area contributed by atoms with Crippen LogP contribution in [0.2, 0.25) is 0 Å². The molecule has 86 valence electrons. The molecular weight excluding hydrogens is 204 g/mol. The molecule has 2 rings (SSSR count). The molecule has 0 bridgehead atoms. The molecule has 0 fully saturated rings. The van der Waals surface area contributed by atoms with Crippen LogP contribution in [0.25, 0.3) is 11.0 Å². The molecule has 2 aromatic heterocycles. The van der Waals surface area contributed by atoms with Gasteiger partial charge in [0.1, 0.15) is 0 Å². The fourth-order valence-electron chi connectivity index (χ4n) is 1.63. The normalized spacial score (nSPS) is 12.2. The van der Waals surface area contributed by atoms with Crippen LogP contribution in [0.5, 0.6) is 0 Å². The van der Waals surface area contributed by atoms with Crippen LogP contribution in [-0.2, 0) is 6.54 Å². The fraction of sp³-hybridized carbons (Fsp3) is 0.455. The average Bonchev–Trinajstić information content (AvgIpc) is 2.49. The topological polar surface area (TPSA) is 76.7 Å². The van der Waals surface area contributed by atoms with Crippen LogP contribution < -0.4 is 11.4 Å². The summed E-state index contributed by atoms with van der Waals surface area (Å²) in [7, 11) is 0. The minimum atomic E-state index is -0.268. The van der Waals surface area contributed by atoms with E-state index in [2.05, 4.69) is 9.97 Å². The summed E-state index contributed by atoms with van der Waals surface area (Å²) in [5.41, 5.74) is 7.18. The zero-order chi connectivity index (χ0) is 11.8. The zero-order valence-electron chi connectivity index (χ0n) is 9.53. The van der Waals surface area contributed by atoms with Crippen LogP contribution in [0.1, 0.15) is 20.3 Å². The highest BCUT2D eigenvalue weighted by molar-refractivity contribution is 5.73. The molecule has 0 aliphatic carbocycles. The molecule has 0 aromatic carbocycles. The van der Waals surface area contributed by atoms with Gasteiger partial charge in [-0.15, -0.1) is 0 Å². The van der Waals surface area contributed by atoms with Crippen LogP contribution in [0.15, 0.2) is 23.3 Å². The van der Waals surface area contributed by atoms with Gasteiger partial charge in [-0.1, -0.05) is 0 Å². The highest BCUT2D eigenvalue weighted by atomic mass is 16.1. The van der Waals surface area contributed by atoms with Gasteiger partial charge in [0, 0.05) is 18.3 Å². The van der Waals surface area contributed by atoms with E-state index in [0.717, 1.165) is 17.5 Å². The van der Waals surface area contributed by atoms with Crippen molar-refractivity contribution in [3.63, 3.8) is 0 Å². The maximum absolute atomic E-state index is 11.7. The Labute approximate surface area is 93.3 Å². The van der Waals surface area contributed by atoms with Crippen LogP contribution in [0.4, 0.5) is 0 Å². The molecular formula is C11H16N4O. The lowest BCUT2D eigenvalue weighted by Gasteiger charge is -2.18. The lowest BCUT2D eigenvalue weighted by molar-refractivity contribution is 0.436. The number of aromatic amines is 1. The third-order valence-corrected chi connectivity index (χ3v) is 2.56. The van der Waals surface area contributed by atoms with Gasteiger partial charge in [0.25, 0.3) is 0 Å². The monoisotopic (exact) mass is 220 g/mol. The number of aryl methyl sites for hydroxylation is 1. The molecule has 5 heteroatoms. The first-order valence-electron chi connectivity index (χ1n) is 5.29. The molecule has 0 radical (unpaired) electrons. The van der Waals surface area contributed by atoms with E-state index < -0.39 is 0 Å². The molecule has 0 saturated heterocycles. The number of nitrogens with two attached hydrogens (primary N) is 1. The molecule has 16 heavy (non-hydrogen) atoms. The van der Waals surface area contributed by atoms with Crippen molar-refractivity contribution in [3.05, 3.63) is 28.9 Å². The van der Waals surface area contributed by atoms with E-state index >= 15 is 0 Å². The summed E-state index contributed by atoms with van der Waals surface area (Å²) in [5.74, 6) is 0. The van der Waals surface area contributed by atoms with Gasteiger partial charge >= 0.3 is 5.69 Å². The van der Waals surface area contributed by atoms with Gasteiger partial charge in [-0.05, 0) is 26.3 Å². The molecule has 3 N–H and O–H groups in total. The number of hydrogen-bond donors (Lipinski definition) is 2. The van der Waals surface area contributed by atoms with Crippen molar-refractivity contribution in [3.8, 4) is 0 Å². The van der Waals surface area contributed by atoms with Gasteiger partial charge in [0.15, 0.2) is 0 Å². The number of nitrogens with one attached hydrogen (secondary N) is 1. The summed E-state index contributed by atoms with van der Waals surface area (Å²) in [6, 6.07) is 1.83. The minimum Gasteiger partial charge on any atom is -0.325 e. The predicted molar refractivity (Wildman–Crippen MR) is 63.2 cm³/mol. The Morgan fingerprint density at radius 2 is 2.31 bits per heavy atom. The average molecular weight is 220 g/mol. The summed E-state index contributed by atoms with van der Waals surface area (Å²) < 4.78 is 1.70. The summed E-state index contributed by atoms with van der Waals surface area (Å²) in [4.78, 5) is 18.4. The Morgan fingerprint density at radius 3 is 3.00 bits per heavy atom. The molecule has 0 spiro atoms. The molecule has 0 atom stereocenters. The molecule has 0 unspecified atom stereocenters. The summed E-state index contributed by atoms with van der Waals surface area (Å²) >= 11 is 0. The molecule has 2 aromatic rings. The Bertz CT molecular complexity index is 547. The van der Waals surface area contributed by atoms with Gasteiger partial charge in [0.2, 0.25) is 0 Å². The predicted octanol–water partition coefficient (Wildman–Crippen LogP) is 0.852. The van der Waals surface area contributed by atoms with E-state index in [-0.39, 0.29) is 11.2 Å². The van der Waals surface area contributed by atoms with Gasteiger partial charge in [0.05, 0.1) is 17.2 Å². The van der Waals surface area contributed by atoms with Crippen molar-refractivity contribution < 1.29 is 0 Å². The lowest BCUT2D eigenvalue weighted by atomic mass is 10.0. The molecule has 2 heterocycles. The number of fused-ring (bicyclic) bond motifs is 1. The van der Waals surface area contributed by atoms with Gasteiger partial charge < -0.3 is 10.7 Å². The Balaban J connectivity index is 2.37. The SMILES string of the molecule is CC(C)(N)CCn1c(=O)[nH]c2cnccc21. The first kappa shape index (κ1) is 10.9. The summed E-state index contributed by atoms with van der Waals surface area (Å²) in [5, 5.41) is 0. The third kappa shape index (κ3) is 2.14. The highest BCUT2D eigenvalue weighted by Crippen LogP contribution is 2.10. The maximum Gasteiger partial charge on any atom is 0.326 e. The van der Waals surface area contributed by atoms with Crippen LogP contribution in [-0.4, -0.2) is 20.1 Å². The fourth-order valence-corrected chi connectivity index (χ4v) is 1.63. The maximum atomic E-state index is 11.7. The van der Waals surface area contributed by atoms with Crippen molar-refractivity contribution in [2.24, 2.45) is 5.73 Å². The standard InChI is InChI=1S/C11H16N4O/c1-11(2,12)4-6-15-9-3-5-13-7-8(9)14-10(15)16/h3,5,7H,4,6,12H2,1-2H3,(H,14,16). The second-order valence-corrected chi connectivity index (χ2v) is 4.71. The number of aromatic nitrogens is 3. The Hall–Kier alpha value is -1.62. The smallest absolute Gasteiger partial charge is 0.325 e. The van der Waals surface area contributed by atoms with E-state index in [1.54, 1.807) is 17.0 Å². The minimum absolute atomic E-state index is 0.104. The molecule has 0 amide bonds. The second kappa shape index (κ2) is 3.75. The third-order valence-electron chi connectivity index (χ3n) is 2.56. The highest BCUT2D eigenvalue weighted by Gasteiger charge is 2.13. The first-order valence-corrected chi connectivity index (χ1v) is 5.29. The van der Waals surface area contributed by atoms with E-state index in [1.807, 2.05) is 19.9 Å². The van der Waals surface area contributed by atoms with Gasteiger partial charge in [-0.25, -0.2) is 4.79 Å². The van der Waals surface area contributed by atoms with Crippen molar-refractivity contribution in [2.75, 3.05) is 0 Å². The number of rotatable bonds is 3. The number of pyridine rings is 1. The van der Waals surface area contributed by atoms with Crippen LogP contribution >= 0.6 is 0 Å². The molecule has 0 saturated carbocycles. The lowest BCUT2D eigenvalue weighted by Crippen LogP contribution is -2.34. The van der Waals surface area contributed by atoms with Crippen molar-refractivity contribution >= 4 is 11.0 Å². The number of nitrogens with zero attached hydrogens (tertiary/aromatic N) is 2. The molecule has 0 aliphatic heterocycles. The Kier molecular flexibility index (Phi) is 2.55. The van der Waals surface area contributed by atoms with Gasteiger partial charge in [-0.2, -0.15) is 0 Å². The number of H-pyrrole nitrogens is 1. The van der Waals surface area contributed by atoms with E-state index in [9.17, 15) is 4.79 Å². The zero-order valence-corrected chi connectivity index (χ0v) is 9.53. The van der Waals surface area contributed by atoms with Crippen LogP contribution in [0.3, 0.4) is 0 Å². The van der Waals surface area contributed by atoms with E-state index in [1.165, 1.54) is 0 Å². The number of imidazole rings is 1. The quantitative estimate of drug-likeness (QED) is 0.805. The van der Waals surface area contributed by atoms with Crippen LogP contribution in [0, 0.1) is 0 Å². The van der Waals surface area contributed by atoms with Gasteiger partial charge in [-0.3, -0.25) is 9.55 Å².